The molecule has 1 N–H and O–H groups in total. The number of phenols is 1. The Labute approximate surface area is 185 Å². The van der Waals surface area contributed by atoms with Crippen LogP contribution in [0.4, 0.5) is 0 Å². The fraction of sp³-hybridized carbons (Fsp3) is 0.379. The molecule has 1 heteroatoms. The SMILES string of the molecule is C=C(C)c1ccc(C)cc1C.C=C(c1ccc(C)cc1O)C(C)C.CC=C(C)CC. The summed E-state index contributed by atoms with van der Waals surface area (Å²) in [7, 11) is 0. The molecule has 2 aromatic rings. The van der Waals surface area contributed by atoms with Gasteiger partial charge in [-0.2, -0.15) is 0 Å². The van der Waals surface area contributed by atoms with Crippen LogP contribution < -0.4 is 0 Å². The Kier molecular flexibility index (Phi) is 12.5. The fourth-order valence-electron chi connectivity index (χ4n) is 2.72. The van der Waals surface area contributed by atoms with Gasteiger partial charge in [-0.05, 0) is 82.2 Å². The van der Waals surface area contributed by atoms with E-state index in [1.807, 2.05) is 26.0 Å². The first kappa shape index (κ1) is 27.5. The third kappa shape index (κ3) is 9.78. The summed E-state index contributed by atoms with van der Waals surface area (Å²) in [6.07, 6.45) is 3.33. The molecule has 0 aromatic heterocycles. The third-order valence-electron chi connectivity index (χ3n) is 5.09. The summed E-state index contributed by atoms with van der Waals surface area (Å²) in [6, 6.07) is 12.1. The fourth-order valence-corrected chi connectivity index (χ4v) is 2.72. The summed E-state index contributed by atoms with van der Waals surface area (Å²) in [5.41, 5.74) is 9.43. The maximum atomic E-state index is 9.65. The highest BCUT2D eigenvalue weighted by atomic mass is 16.3. The normalized spacial score (nSPS) is 10.5. The van der Waals surface area contributed by atoms with Crippen LogP contribution in [0.2, 0.25) is 0 Å². The Balaban J connectivity index is 0.000000450. The topological polar surface area (TPSA) is 20.2 Å². The average molecular weight is 407 g/mol. The van der Waals surface area contributed by atoms with Crippen LogP contribution in [0.25, 0.3) is 11.1 Å². The molecule has 0 amide bonds. The molecular weight excluding hydrogens is 364 g/mol. The summed E-state index contributed by atoms with van der Waals surface area (Å²) >= 11 is 0. The van der Waals surface area contributed by atoms with Gasteiger partial charge in [0.05, 0.1) is 0 Å². The van der Waals surface area contributed by atoms with Crippen molar-refractivity contribution in [3.05, 3.63) is 89.0 Å². The van der Waals surface area contributed by atoms with Gasteiger partial charge in [-0.15, -0.1) is 0 Å². The Hall–Kier alpha value is -2.54. The van der Waals surface area contributed by atoms with Crippen molar-refractivity contribution < 1.29 is 5.11 Å². The Bertz CT molecular complexity index is 866. The molecule has 0 spiro atoms. The summed E-state index contributed by atoms with van der Waals surface area (Å²) in [4.78, 5) is 0. The largest absolute Gasteiger partial charge is 0.507 e. The summed E-state index contributed by atoms with van der Waals surface area (Å²) < 4.78 is 0. The predicted octanol–water partition coefficient (Wildman–Crippen LogP) is 9.07. The monoisotopic (exact) mass is 406 g/mol. The van der Waals surface area contributed by atoms with E-state index in [0.717, 1.165) is 22.3 Å². The van der Waals surface area contributed by atoms with Gasteiger partial charge < -0.3 is 5.11 Å². The van der Waals surface area contributed by atoms with E-state index < -0.39 is 0 Å². The molecule has 0 radical (unpaired) electrons. The molecule has 2 rings (SSSR count). The maximum absolute atomic E-state index is 9.65. The van der Waals surface area contributed by atoms with E-state index in [9.17, 15) is 5.11 Å². The molecule has 0 unspecified atom stereocenters. The van der Waals surface area contributed by atoms with Crippen molar-refractivity contribution >= 4 is 11.1 Å². The molecule has 1 nitrogen and oxygen atoms in total. The zero-order valence-electron chi connectivity index (χ0n) is 20.7. The first-order valence-corrected chi connectivity index (χ1v) is 10.8. The summed E-state index contributed by atoms with van der Waals surface area (Å²) in [5.74, 6) is 0.701. The smallest absolute Gasteiger partial charge is 0.123 e. The standard InChI is InChI=1S/C12H16O.C11H14.C6H12/c1-8(2)10(4)11-6-5-9(3)7-12(11)13;1-8(2)11-6-5-9(3)7-10(11)4;1-4-6(3)5-2/h5-8,13H,4H2,1-3H3;5-7H,1H2,2-4H3;4H,5H2,1-3H3. The minimum atomic E-state index is 0.332. The second-order valence-electron chi connectivity index (χ2n) is 8.29. The highest BCUT2D eigenvalue weighted by Gasteiger charge is 2.08. The lowest BCUT2D eigenvalue weighted by Gasteiger charge is -2.11. The van der Waals surface area contributed by atoms with Crippen LogP contribution in [-0.4, -0.2) is 5.11 Å². The molecule has 0 heterocycles. The van der Waals surface area contributed by atoms with Crippen molar-refractivity contribution in [1.82, 2.24) is 0 Å². The van der Waals surface area contributed by atoms with Crippen molar-refractivity contribution in [2.45, 2.75) is 68.7 Å². The minimum Gasteiger partial charge on any atom is -0.507 e. The molecular formula is C29H42O. The van der Waals surface area contributed by atoms with Crippen LogP contribution >= 0.6 is 0 Å². The molecule has 2 aromatic carbocycles. The number of hydrogen-bond acceptors (Lipinski definition) is 1. The van der Waals surface area contributed by atoms with Crippen molar-refractivity contribution in [2.24, 2.45) is 5.92 Å². The molecule has 0 saturated carbocycles. The number of benzene rings is 2. The Morgan fingerprint density at radius 3 is 1.77 bits per heavy atom. The number of aromatic hydroxyl groups is 1. The number of rotatable bonds is 4. The van der Waals surface area contributed by atoms with E-state index >= 15 is 0 Å². The van der Waals surface area contributed by atoms with Crippen LogP contribution in [0.5, 0.6) is 5.75 Å². The van der Waals surface area contributed by atoms with E-state index in [1.165, 1.54) is 28.7 Å². The van der Waals surface area contributed by atoms with Gasteiger partial charge in [-0.1, -0.05) is 87.0 Å². The minimum absolute atomic E-state index is 0.332. The van der Waals surface area contributed by atoms with Gasteiger partial charge in [0.25, 0.3) is 0 Å². The van der Waals surface area contributed by atoms with Crippen LogP contribution in [0.15, 0.2) is 61.2 Å². The second kappa shape index (κ2) is 13.6. The maximum Gasteiger partial charge on any atom is 0.123 e. The summed E-state index contributed by atoms with van der Waals surface area (Å²) in [5, 5.41) is 9.65. The van der Waals surface area contributed by atoms with Gasteiger partial charge in [0.2, 0.25) is 0 Å². The molecule has 164 valence electrons. The molecule has 0 aliphatic rings. The highest BCUT2D eigenvalue weighted by molar-refractivity contribution is 5.70. The van der Waals surface area contributed by atoms with E-state index in [4.69, 9.17) is 0 Å². The third-order valence-corrected chi connectivity index (χ3v) is 5.09. The molecule has 0 bridgehead atoms. The average Bonchev–Trinajstić information content (AvgIpc) is 2.67. The number of allylic oxidation sites excluding steroid dienone is 4. The lowest BCUT2D eigenvalue weighted by molar-refractivity contribution is 0.472. The van der Waals surface area contributed by atoms with E-state index in [-0.39, 0.29) is 0 Å². The zero-order valence-corrected chi connectivity index (χ0v) is 20.7. The van der Waals surface area contributed by atoms with Gasteiger partial charge in [-0.25, -0.2) is 0 Å². The molecule has 0 saturated heterocycles. The van der Waals surface area contributed by atoms with Gasteiger partial charge in [0.1, 0.15) is 5.75 Å². The summed E-state index contributed by atoms with van der Waals surface area (Å²) in [6.45, 7) is 26.6. The number of phenolic OH excluding ortho intramolecular Hbond substituents is 1. The quantitative estimate of drug-likeness (QED) is 0.502. The lowest BCUT2D eigenvalue weighted by Crippen LogP contribution is -1.92. The van der Waals surface area contributed by atoms with Crippen molar-refractivity contribution in [1.29, 1.82) is 0 Å². The predicted molar refractivity (Wildman–Crippen MR) is 137 cm³/mol. The first-order chi connectivity index (χ1) is 13.9. The van der Waals surface area contributed by atoms with E-state index in [1.54, 1.807) is 6.07 Å². The van der Waals surface area contributed by atoms with Crippen LogP contribution in [0, 0.1) is 26.7 Å². The van der Waals surface area contributed by atoms with Gasteiger partial charge in [0.15, 0.2) is 0 Å². The van der Waals surface area contributed by atoms with E-state index in [0.29, 0.717) is 11.7 Å². The van der Waals surface area contributed by atoms with Crippen LogP contribution in [-0.2, 0) is 0 Å². The zero-order chi connectivity index (χ0) is 23.4. The molecule has 30 heavy (non-hydrogen) atoms. The highest BCUT2D eigenvalue weighted by Crippen LogP contribution is 2.29. The molecule has 0 fully saturated rings. The Morgan fingerprint density at radius 2 is 1.43 bits per heavy atom. The van der Waals surface area contributed by atoms with Crippen molar-refractivity contribution in [3.63, 3.8) is 0 Å². The molecule has 0 aliphatic carbocycles. The van der Waals surface area contributed by atoms with Crippen molar-refractivity contribution in [3.8, 4) is 5.75 Å². The Morgan fingerprint density at radius 1 is 0.933 bits per heavy atom. The van der Waals surface area contributed by atoms with Gasteiger partial charge in [-0.3, -0.25) is 0 Å². The molecule has 0 aliphatic heterocycles. The van der Waals surface area contributed by atoms with E-state index in [2.05, 4.69) is 85.9 Å². The van der Waals surface area contributed by atoms with Gasteiger partial charge in [0, 0.05) is 5.56 Å². The lowest BCUT2D eigenvalue weighted by atomic mass is 9.95. The number of hydrogen-bond donors (Lipinski definition) is 1. The second-order valence-corrected chi connectivity index (χ2v) is 8.29. The van der Waals surface area contributed by atoms with Crippen LogP contribution in [0.1, 0.15) is 75.8 Å². The number of aryl methyl sites for hydroxylation is 3. The van der Waals surface area contributed by atoms with Crippen LogP contribution in [0.3, 0.4) is 0 Å². The first-order valence-electron chi connectivity index (χ1n) is 10.8. The van der Waals surface area contributed by atoms with Crippen molar-refractivity contribution in [2.75, 3.05) is 0 Å². The van der Waals surface area contributed by atoms with Gasteiger partial charge >= 0.3 is 0 Å². The molecule has 0 atom stereocenters.